The Balaban J connectivity index is 1.82. The van der Waals surface area contributed by atoms with E-state index in [0.29, 0.717) is 0 Å². The van der Waals surface area contributed by atoms with Gasteiger partial charge in [-0.2, -0.15) is 0 Å². The van der Waals surface area contributed by atoms with E-state index in [2.05, 4.69) is 23.6 Å². The van der Waals surface area contributed by atoms with Gasteiger partial charge in [0.1, 0.15) is 5.82 Å². The van der Waals surface area contributed by atoms with Gasteiger partial charge < -0.3 is 0 Å². The first kappa shape index (κ1) is 14.5. The van der Waals surface area contributed by atoms with Crippen LogP contribution < -0.4 is 11.3 Å². The van der Waals surface area contributed by atoms with Crippen molar-refractivity contribution in [3.05, 3.63) is 69.5 Å². The summed E-state index contributed by atoms with van der Waals surface area (Å²) in [6.45, 7) is 0. The molecule has 0 bridgehead atoms. The minimum atomic E-state index is -0.409. The molecule has 0 aromatic heterocycles. The van der Waals surface area contributed by atoms with E-state index in [4.69, 9.17) is 17.4 Å². The van der Waals surface area contributed by atoms with Gasteiger partial charge in [0.2, 0.25) is 0 Å². The molecule has 0 saturated heterocycles. The van der Waals surface area contributed by atoms with Gasteiger partial charge in [0.25, 0.3) is 0 Å². The maximum absolute atomic E-state index is 13.3. The molecule has 3 rings (SSSR count). The number of fused-ring (bicyclic) bond motifs is 1. The summed E-state index contributed by atoms with van der Waals surface area (Å²) in [5.74, 6) is 5.26. The number of rotatable bonds is 4. The topological polar surface area (TPSA) is 38.0 Å². The lowest BCUT2D eigenvalue weighted by Gasteiger charge is -2.17. The normalized spacial score (nSPS) is 15.0. The first-order chi connectivity index (χ1) is 10.2. The maximum Gasteiger partial charge on any atom is 0.141 e. The highest BCUT2D eigenvalue weighted by atomic mass is 35.5. The highest BCUT2D eigenvalue weighted by Crippen LogP contribution is 2.26. The second kappa shape index (κ2) is 6.14. The Kier molecular flexibility index (Phi) is 4.24. The van der Waals surface area contributed by atoms with Crippen molar-refractivity contribution < 1.29 is 4.39 Å². The number of aryl methyl sites for hydroxylation is 2. The predicted molar refractivity (Wildman–Crippen MR) is 83.6 cm³/mol. The lowest BCUT2D eigenvalue weighted by atomic mass is 9.97. The molecule has 2 aromatic carbocycles. The Morgan fingerprint density at radius 1 is 1.14 bits per heavy atom. The molecule has 0 radical (unpaired) electrons. The third-order valence-electron chi connectivity index (χ3n) is 4.15. The first-order valence-electron chi connectivity index (χ1n) is 7.19. The number of hydrogen-bond donors (Lipinski definition) is 2. The van der Waals surface area contributed by atoms with Crippen LogP contribution in [0.3, 0.4) is 0 Å². The van der Waals surface area contributed by atoms with Crippen LogP contribution in [0.4, 0.5) is 4.39 Å². The van der Waals surface area contributed by atoms with Gasteiger partial charge >= 0.3 is 0 Å². The largest absolute Gasteiger partial charge is 0.271 e. The fraction of sp³-hybridized carbons (Fsp3) is 0.294. The van der Waals surface area contributed by atoms with Crippen molar-refractivity contribution in [2.45, 2.75) is 31.7 Å². The molecular formula is C17H18ClFN2. The van der Waals surface area contributed by atoms with Gasteiger partial charge in [-0.25, -0.2) is 4.39 Å². The van der Waals surface area contributed by atoms with Crippen LogP contribution in [0.1, 0.15) is 34.7 Å². The fourth-order valence-corrected chi connectivity index (χ4v) is 3.18. The smallest absolute Gasteiger partial charge is 0.141 e. The van der Waals surface area contributed by atoms with Crippen molar-refractivity contribution in [1.82, 2.24) is 5.43 Å². The van der Waals surface area contributed by atoms with Gasteiger partial charge in [0, 0.05) is 0 Å². The second-order valence-corrected chi connectivity index (χ2v) is 5.96. The van der Waals surface area contributed by atoms with E-state index in [0.717, 1.165) is 18.4 Å². The summed E-state index contributed by atoms with van der Waals surface area (Å²) in [6.07, 6.45) is 4.34. The molecule has 110 valence electrons. The van der Waals surface area contributed by atoms with Crippen LogP contribution in [-0.4, -0.2) is 0 Å². The minimum absolute atomic E-state index is 0.0810. The van der Waals surface area contributed by atoms with Crippen molar-refractivity contribution in [2.75, 3.05) is 0 Å². The summed E-state index contributed by atoms with van der Waals surface area (Å²) in [5, 5.41) is 0.127. The number of hydrogen-bond acceptors (Lipinski definition) is 2. The van der Waals surface area contributed by atoms with Crippen LogP contribution in [0.15, 0.2) is 36.4 Å². The molecule has 0 fully saturated rings. The van der Waals surface area contributed by atoms with E-state index < -0.39 is 5.82 Å². The third-order valence-corrected chi connectivity index (χ3v) is 4.44. The fourth-order valence-electron chi connectivity index (χ4n) is 2.99. The molecule has 2 nitrogen and oxygen atoms in total. The van der Waals surface area contributed by atoms with Crippen LogP contribution in [0.5, 0.6) is 0 Å². The Hall–Kier alpha value is -1.42. The molecule has 4 heteroatoms. The van der Waals surface area contributed by atoms with Crippen LogP contribution in [0, 0.1) is 5.82 Å². The van der Waals surface area contributed by atoms with Crippen molar-refractivity contribution >= 4 is 11.6 Å². The summed E-state index contributed by atoms with van der Waals surface area (Å²) in [4.78, 5) is 0. The van der Waals surface area contributed by atoms with Gasteiger partial charge in [-0.1, -0.05) is 35.9 Å². The molecule has 0 saturated carbocycles. The summed E-state index contributed by atoms with van der Waals surface area (Å²) < 4.78 is 13.3. The van der Waals surface area contributed by atoms with Gasteiger partial charge in [0.05, 0.1) is 11.1 Å². The Labute approximate surface area is 129 Å². The number of benzene rings is 2. The Morgan fingerprint density at radius 3 is 2.71 bits per heavy atom. The van der Waals surface area contributed by atoms with Crippen molar-refractivity contribution in [3.63, 3.8) is 0 Å². The van der Waals surface area contributed by atoms with Crippen molar-refractivity contribution in [1.29, 1.82) is 0 Å². The molecule has 0 amide bonds. The molecule has 2 aromatic rings. The van der Waals surface area contributed by atoms with Crippen molar-refractivity contribution in [2.24, 2.45) is 5.84 Å². The van der Waals surface area contributed by atoms with E-state index in [-0.39, 0.29) is 11.1 Å². The van der Waals surface area contributed by atoms with Crippen LogP contribution in [-0.2, 0) is 19.3 Å². The monoisotopic (exact) mass is 304 g/mol. The zero-order valence-electron chi connectivity index (χ0n) is 11.7. The Morgan fingerprint density at radius 2 is 1.95 bits per heavy atom. The molecule has 0 aliphatic heterocycles. The number of nitrogens with two attached hydrogens (primary N) is 1. The highest BCUT2D eigenvalue weighted by molar-refractivity contribution is 6.30. The van der Waals surface area contributed by atoms with Crippen LogP contribution in [0.25, 0.3) is 0 Å². The van der Waals surface area contributed by atoms with Crippen LogP contribution >= 0.6 is 11.6 Å². The standard InChI is InChI=1S/C17H18ClFN2/c18-15-10-14(6-7-16(15)19)17(21-20)9-11-4-5-12-2-1-3-13(12)8-11/h4-8,10,17,21H,1-3,9,20H2. The average molecular weight is 305 g/mol. The SMILES string of the molecule is NNC(Cc1ccc2c(c1)CCC2)c1ccc(F)c(Cl)c1. The molecule has 1 aliphatic carbocycles. The number of halogens is 2. The van der Waals surface area contributed by atoms with Gasteiger partial charge in [-0.05, 0) is 60.1 Å². The molecule has 0 heterocycles. The van der Waals surface area contributed by atoms with Crippen molar-refractivity contribution in [3.8, 4) is 0 Å². The summed E-state index contributed by atoms with van der Waals surface area (Å²) >= 11 is 5.85. The van der Waals surface area contributed by atoms with E-state index in [1.807, 2.05) is 0 Å². The molecule has 21 heavy (non-hydrogen) atoms. The number of hydrazine groups is 1. The van der Waals surface area contributed by atoms with Crippen LogP contribution in [0.2, 0.25) is 5.02 Å². The third kappa shape index (κ3) is 3.10. The average Bonchev–Trinajstić information content (AvgIpc) is 2.95. The molecule has 1 unspecified atom stereocenters. The van der Waals surface area contributed by atoms with E-state index >= 15 is 0 Å². The quantitative estimate of drug-likeness (QED) is 0.667. The first-order valence-corrected chi connectivity index (χ1v) is 7.57. The van der Waals surface area contributed by atoms with Gasteiger partial charge in [-0.15, -0.1) is 0 Å². The zero-order valence-corrected chi connectivity index (χ0v) is 12.5. The molecular weight excluding hydrogens is 287 g/mol. The number of nitrogens with one attached hydrogen (secondary N) is 1. The lowest BCUT2D eigenvalue weighted by molar-refractivity contribution is 0.549. The van der Waals surface area contributed by atoms with Gasteiger partial charge in [-0.3, -0.25) is 11.3 Å². The zero-order chi connectivity index (χ0) is 14.8. The van der Waals surface area contributed by atoms with Gasteiger partial charge in [0.15, 0.2) is 0 Å². The minimum Gasteiger partial charge on any atom is -0.271 e. The summed E-state index contributed by atoms with van der Waals surface area (Å²) in [5.41, 5.74) is 7.83. The summed E-state index contributed by atoms with van der Waals surface area (Å²) in [6, 6.07) is 11.3. The molecule has 1 atom stereocenters. The Bertz CT molecular complexity index is 657. The summed E-state index contributed by atoms with van der Waals surface area (Å²) in [7, 11) is 0. The predicted octanol–water partition coefficient (Wildman–Crippen LogP) is 3.71. The molecule has 3 N–H and O–H groups in total. The molecule has 1 aliphatic rings. The van der Waals surface area contributed by atoms with E-state index in [1.54, 1.807) is 12.1 Å². The second-order valence-electron chi connectivity index (χ2n) is 5.55. The molecule has 0 spiro atoms. The lowest BCUT2D eigenvalue weighted by Crippen LogP contribution is -2.29. The van der Waals surface area contributed by atoms with E-state index in [9.17, 15) is 4.39 Å². The van der Waals surface area contributed by atoms with E-state index in [1.165, 1.54) is 35.6 Å². The highest BCUT2D eigenvalue weighted by Gasteiger charge is 2.15. The maximum atomic E-state index is 13.3.